The number of carbonyl (C=O) groups excluding carboxylic acids is 1. The average molecular weight is 343 g/mol. The summed E-state index contributed by atoms with van der Waals surface area (Å²) in [5.74, 6) is 0.724. The van der Waals surface area contributed by atoms with Crippen LogP contribution in [0.5, 0.6) is 0 Å². The summed E-state index contributed by atoms with van der Waals surface area (Å²) in [6.45, 7) is 1.94. The van der Waals surface area contributed by atoms with E-state index in [-0.39, 0.29) is 11.9 Å². The van der Waals surface area contributed by atoms with Gasteiger partial charge >= 0.3 is 0 Å². The quantitative estimate of drug-likeness (QED) is 0.910. The minimum Gasteiger partial charge on any atom is -0.469 e. The first kappa shape index (κ1) is 14.2. The summed E-state index contributed by atoms with van der Waals surface area (Å²) in [6, 6.07) is 8.81. The Hall–Kier alpha value is -1.26. The Kier molecular flexibility index (Phi) is 4.66. The predicted molar refractivity (Wildman–Crippen MR) is 78.5 cm³/mol. The highest BCUT2D eigenvalue weighted by Gasteiger charge is 2.12. The van der Waals surface area contributed by atoms with E-state index in [1.807, 2.05) is 19.1 Å². The first-order valence-electron chi connectivity index (χ1n) is 5.84. The molecule has 100 valence electrons. The lowest BCUT2D eigenvalue weighted by Crippen LogP contribution is -2.33. The molecule has 1 atom stereocenters. The summed E-state index contributed by atoms with van der Waals surface area (Å²) in [5.41, 5.74) is 0.572. The smallest absolute Gasteiger partial charge is 0.251 e. The molecule has 1 amide bonds. The van der Waals surface area contributed by atoms with Gasteiger partial charge in [-0.15, -0.1) is 0 Å². The van der Waals surface area contributed by atoms with Gasteiger partial charge in [0, 0.05) is 22.5 Å². The molecule has 1 heterocycles. The molecule has 19 heavy (non-hydrogen) atoms. The molecule has 0 aliphatic carbocycles. The fourth-order valence-electron chi connectivity index (χ4n) is 1.73. The number of furan rings is 1. The average Bonchev–Trinajstić information content (AvgIpc) is 2.85. The molecule has 3 nitrogen and oxygen atoms in total. The van der Waals surface area contributed by atoms with Crippen LogP contribution in [0.3, 0.4) is 0 Å². The normalized spacial score (nSPS) is 12.2. The van der Waals surface area contributed by atoms with E-state index in [1.165, 1.54) is 0 Å². The zero-order chi connectivity index (χ0) is 13.8. The predicted octanol–water partition coefficient (Wildman–Crippen LogP) is 4.06. The minimum absolute atomic E-state index is 0.00639. The van der Waals surface area contributed by atoms with Crippen molar-refractivity contribution in [2.24, 2.45) is 0 Å². The van der Waals surface area contributed by atoms with Gasteiger partial charge in [0.1, 0.15) is 5.76 Å². The van der Waals surface area contributed by atoms with Gasteiger partial charge in [0.05, 0.1) is 11.3 Å². The molecule has 1 aromatic carbocycles. The monoisotopic (exact) mass is 341 g/mol. The van der Waals surface area contributed by atoms with Gasteiger partial charge < -0.3 is 9.73 Å². The first-order chi connectivity index (χ1) is 9.06. The van der Waals surface area contributed by atoms with Crippen LogP contribution < -0.4 is 5.32 Å². The van der Waals surface area contributed by atoms with Gasteiger partial charge in [-0.2, -0.15) is 0 Å². The maximum Gasteiger partial charge on any atom is 0.251 e. The minimum atomic E-state index is -0.128. The number of halogens is 2. The number of rotatable bonds is 4. The number of hydrogen-bond donors (Lipinski definition) is 1. The molecule has 0 aliphatic heterocycles. The largest absolute Gasteiger partial charge is 0.469 e. The van der Waals surface area contributed by atoms with Crippen LogP contribution in [-0.2, 0) is 6.42 Å². The van der Waals surface area contributed by atoms with Crippen molar-refractivity contribution in [2.45, 2.75) is 19.4 Å². The van der Waals surface area contributed by atoms with E-state index in [2.05, 4.69) is 21.2 Å². The zero-order valence-electron chi connectivity index (χ0n) is 10.3. The third-order valence-corrected chi connectivity index (χ3v) is 3.86. The molecule has 0 bridgehead atoms. The molecule has 0 saturated carbocycles. The van der Waals surface area contributed by atoms with E-state index < -0.39 is 0 Å². The van der Waals surface area contributed by atoms with Crippen LogP contribution in [-0.4, -0.2) is 11.9 Å². The van der Waals surface area contributed by atoms with Gasteiger partial charge in [-0.3, -0.25) is 4.79 Å². The highest BCUT2D eigenvalue weighted by molar-refractivity contribution is 9.10. The van der Waals surface area contributed by atoms with Crippen LogP contribution >= 0.6 is 27.5 Å². The Morgan fingerprint density at radius 1 is 1.47 bits per heavy atom. The second-order valence-corrected chi connectivity index (χ2v) is 5.55. The van der Waals surface area contributed by atoms with E-state index in [0.29, 0.717) is 21.5 Å². The maximum atomic E-state index is 12.0. The molecule has 1 N–H and O–H groups in total. The summed E-state index contributed by atoms with van der Waals surface area (Å²) in [5, 5.41) is 3.50. The van der Waals surface area contributed by atoms with Gasteiger partial charge in [-0.25, -0.2) is 0 Å². The molecule has 0 saturated heterocycles. The summed E-state index contributed by atoms with van der Waals surface area (Å²) in [7, 11) is 0. The topological polar surface area (TPSA) is 42.2 Å². The molecular formula is C14H13BrClNO2. The Morgan fingerprint density at radius 2 is 2.26 bits per heavy atom. The Bertz CT molecular complexity index is 569. The van der Waals surface area contributed by atoms with E-state index in [4.69, 9.17) is 16.0 Å². The number of nitrogens with one attached hydrogen (secondary N) is 1. The van der Waals surface area contributed by atoms with Crippen molar-refractivity contribution < 1.29 is 9.21 Å². The van der Waals surface area contributed by atoms with Crippen LogP contribution in [0.15, 0.2) is 45.5 Å². The lowest BCUT2D eigenvalue weighted by molar-refractivity contribution is 0.0939. The van der Waals surface area contributed by atoms with Crippen LogP contribution in [0.2, 0.25) is 5.02 Å². The van der Waals surface area contributed by atoms with E-state index in [0.717, 1.165) is 5.76 Å². The van der Waals surface area contributed by atoms with Gasteiger partial charge in [0.15, 0.2) is 0 Å². The van der Waals surface area contributed by atoms with Crippen LogP contribution in [0, 0.1) is 0 Å². The Morgan fingerprint density at radius 3 is 2.89 bits per heavy atom. The maximum absolute atomic E-state index is 12.0. The van der Waals surface area contributed by atoms with Crippen LogP contribution in [0.1, 0.15) is 23.0 Å². The fraction of sp³-hybridized carbons (Fsp3) is 0.214. The van der Waals surface area contributed by atoms with Crippen molar-refractivity contribution in [2.75, 3.05) is 0 Å². The molecule has 1 unspecified atom stereocenters. The molecule has 1 aromatic heterocycles. The van der Waals surface area contributed by atoms with Crippen molar-refractivity contribution in [1.29, 1.82) is 0 Å². The first-order valence-corrected chi connectivity index (χ1v) is 7.01. The molecular weight excluding hydrogens is 330 g/mol. The zero-order valence-corrected chi connectivity index (χ0v) is 12.7. The molecule has 0 spiro atoms. The number of benzene rings is 1. The van der Waals surface area contributed by atoms with Crippen molar-refractivity contribution in [3.63, 3.8) is 0 Å². The van der Waals surface area contributed by atoms with Crippen LogP contribution in [0.25, 0.3) is 0 Å². The van der Waals surface area contributed by atoms with Crippen molar-refractivity contribution in [3.8, 4) is 0 Å². The summed E-state index contributed by atoms with van der Waals surface area (Å²) in [4.78, 5) is 12.0. The lowest BCUT2D eigenvalue weighted by atomic mass is 10.1. The number of carbonyl (C=O) groups is 1. The summed E-state index contributed by atoms with van der Waals surface area (Å²) < 4.78 is 5.96. The standard InChI is InChI=1S/C14H13BrClNO2/c1-9(7-11-3-2-6-19-11)17-14(18)10-4-5-13(16)12(15)8-10/h2-6,8-9H,7H2,1H3,(H,17,18). The highest BCUT2D eigenvalue weighted by atomic mass is 79.9. The van der Waals surface area contributed by atoms with Gasteiger partial charge in [0.25, 0.3) is 5.91 Å². The van der Waals surface area contributed by atoms with E-state index >= 15 is 0 Å². The van der Waals surface area contributed by atoms with Crippen molar-refractivity contribution in [3.05, 3.63) is 57.4 Å². The Labute approximate surface area is 125 Å². The molecule has 0 radical (unpaired) electrons. The van der Waals surface area contributed by atoms with Crippen molar-refractivity contribution >= 4 is 33.4 Å². The second kappa shape index (κ2) is 6.26. The SMILES string of the molecule is CC(Cc1ccco1)NC(=O)c1ccc(Cl)c(Br)c1. The summed E-state index contributed by atoms with van der Waals surface area (Å²) in [6.07, 6.45) is 2.29. The summed E-state index contributed by atoms with van der Waals surface area (Å²) >= 11 is 9.20. The molecule has 5 heteroatoms. The van der Waals surface area contributed by atoms with Crippen molar-refractivity contribution in [1.82, 2.24) is 5.32 Å². The lowest BCUT2D eigenvalue weighted by Gasteiger charge is -2.12. The Balaban J connectivity index is 1.98. The third-order valence-electron chi connectivity index (χ3n) is 2.65. The molecule has 0 aliphatic rings. The second-order valence-electron chi connectivity index (χ2n) is 4.29. The van der Waals surface area contributed by atoms with E-state index in [9.17, 15) is 4.79 Å². The van der Waals surface area contributed by atoms with Gasteiger partial charge in [-0.05, 0) is 53.2 Å². The fourth-order valence-corrected chi connectivity index (χ4v) is 2.22. The molecule has 2 rings (SSSR count). The number of amides is 1. The van der Waals surface area contributed by atoms with Crippen LogP contribution in [0.4, 0.5) is 0 Å². The molecule has 2 aromatic rings. The third kappa shape index (κ3) is 3.85. The van der Waals surface area contributed by atoms with Gasteiger partial charge in [0.2, 0.25) is 0 Å². The highest BCUT2D eigenvalue weighted by Crippen LogP contribution is 2.23. The number of hydrogen-bond acceptors (Lipinski definition) is 2. The molecule has 0 fully saturated rings. The van der Waals surface area contributed by atoms with E-state index in [1.54, 1.807) is 24.5 Å². The van der Waals surface area contributed by atoms with Gasteiger partial charge in [-0.1, -0.05) is 11.6 Å².